The number of ether oxygens (including phenoxy) is 4. The number of hydrogen-bond donors (Lipinski definition) is 0. The third-order valence-electron chi connectivity index (χ3n) is 4.64. The molecular weight excluding hydrogens is 394 g/mol. The maximum absolute atomic E-state index is 11.2. The first kappa shape index (κ1) is 22.3. The second-order valence-corrected chi connectivity index (χ2v) is 6.96. The lowest BCUT2D eigenvalue weighted by Crippen LogP contribution is -2.16. The van der Waals surface area contributed by atoms with Gasteiger partial charge in [0.05, 0.1) is 25.1 Å². The predicted octanol–water partition coefficient (Wildman–Crippen LogP) is 5.15. The molecule has 31 heavy (non-hydrogen) atoms. The first-order chi connectivity index (χ1) is 15.0. The Morgan fingerprint density at radius 3 is 2.42 bits per heavy atom. The van der Waals surface area contributed by atoms with Crippen molar-refractivity contribution >= 4 is 5.97 Å². The number of pyridine rings is 1. The van der Waals surface area contributed by atoms with Gasteiger partial charge in [0.2, 0.25) is 0 Å². The van der Waals surface area contributed by atoms with Crippen molar-refractivity contribution in [1.82, 2.24) is 4.98 Å². The summed E-state index contributed by atoms with van der Waals surface area (Å²) in [5.41, 5.74) is 3.40. The van der Waals surface area contributed by atoms with Crippen LogP contribution in [0.15, 0.2) is 60.7 Å². The number of nitrogens with zero attached hydrogens (tertiary/aromatic N) is 1. The normalized spacial score (nSPS) is 11.6. The standard InChI is InChI=1S/C25H27NO5/c1-5-29-16-25(31-21-13-14-24(17(2)15-21)30-18(3)27)23-8-6-7-22(26-23)19-9-11-20(28-4)12-10-19/h6-15,25H,5,16H2,1-4H3/t25-/m1/s1. The molecule has 0 aliphatic heterocycles. The van der Waals surface area contributed by atoms with Crippen molar-refractivity contribution in [3.63, 3.8) is 0 Å². The zero-order valence-electron chi connectivity index (χ0n) is 18.3. The van der Waals surface area contributed by atoms with Gasteiger partial charge in [0.25, 0.3) is 0 Å². The molecule has 0 saturated carbocycles. The highest BCUT2D eigenvalue weighted by molar-refractivity contribution is 5.70. The zero-order valence-corrected chi connectivity index (χ0v) is 18.3. The maximum Gasteiger partial charge on any atom is 0.308 e. The number of carbonyl (C=O) groups excluding carboxylic acids is 1. The lowest BCUT2D eigenvalue weighted by atomic mass is 10.1. The van der Waals surface area contributed by atoms with Crippen molar-refractivity contribution in [2.45, 2.75) is 26.9 Å². The summed E-state index contributed by atoms with van der Waals surface area (Å²) in [7, 11) is 1.64. The van der Waals surface area contributed by atoms with E-state index in [2.05, 4.69) is 0 Å². The monoisotopic (exact) mass is 421 g/mol. The minimum absolute atomic E-state index is 0.356. The molecule has 0 saturated heterocycles. The van der Waals surface area contributed by atoms with E-state index in [9.17, 15) is 4.79 Å². The van der Waals surface area contributed by atoms with Gasteiger partial charge in [-0.05, 0) is 74.0 Å². The molecule has 3 aromatic rings. The minimum atomic E-state index is -0.392. The fourth-order valence-electron chi connectivity index (χ4n) is 3.09. The largest absolute Gasteiger partial charge is 0.497 e. The number of esters is 1. The van der Waals surface area contributed by atoms with Gasteiger partial charge < -0.3 is 18.9 Å². The molecule has 6 heteroatoms. The molecule has 2 aromatic carbocycles. The zero-order chi connectivity index (χ0) is 22.2. The van der Waals surface area contributed by atoms with Crippen molar-refractivity contribution in [3.8, 4) is 28.5 Å². The summed E-state index contributed by atoms with van der Waals surface area (Å²) in [6.07, 6.45) is -0.392. The Hall–Kier alpha value is -3.38. The van der Waals surface area contributed by atoms with Crippen molar-refractivity contribution in [3.05, 3.63) is 71.9 Å². The fourth-order valence-corrected chi connectivity index (χ4v) is 3.09. The highest BCUT2D eigenvalue weighted by Crippen LogP contribution is 2.29. The van der Waals surface area contributed by atoms with Crippen LogP contribution < -0.4 is 14.2 Å². The Labute approximate surface area is 182 Å². The Bertz CT molecular complexity index is 1020. The quantitative estimate of drug-likeness (QED) is 0.352. The van der Waals surface area contributed by atoms with Gasteiger partial charge >= 0.3 is 5.97 Å². The van der Waals surface area contributed by atoms with Crippen LogP contribution >= 0.6 is 0 Å². The third-order valence-corrected chi connectivity index (χ3v) is 4.64. The van der Waals surface area contributed by atoms with E-state index in [4.69, 9.17) is 23.9 Å². The Morgan fingerprint density at radius 2 is 1.77 bits per heavy atom. The van der Waals surface area contributed by atoms with E-state index in [1.165, 1.54) is 6.92 Å². The van der Waals surface area contributed by atoms with Gasteiger partial charge in [-0.15, -0.1) is 0 Å². The van der Waals surface area contributed by atoms with Crippen LogP contribution in [0.1, 0.15) is 31.2 Å². The van der Waals surface area contributed by atoms with Gasteiger partial charge in [-0.1, -0.05) is 6.07 Å². The molecule has 0 N–H and O–H groups in total. The molecule has 3 rings (SSSR count). The first-order valence-corrected chi connectivity index (χ1v) is 10.1. The fraction of sp³-hybridized carbons (Fsp3) is 0.280. The minimum Gasteiger partial charge on any atom is -0.497 e. The summed E-state index contributed by atoms with van der Waals surface area (Å²) in [6.45, 7) is 6.12. The molecule has 1 heterocycles. The lowest BCUT2D eigenvalue weighted by molar-refractivity contribution is -0.131. The van der Waals surface area contributed by atoms with Crippen molar-refractivity contribution in [2.75, 3.05) is 20.3 Å². The van der Waals surface area contributed by atoms with Crippen LogP contribution in [-0.2, 0) is 9.53 Å². The smallest absolute Gasteiger partial charge is 0.308 e. The molecule has 0 aliphatic carbocycles. The SMILES string of the molecule is CCOC[C@@H](Oc1ccc(OC(C)=O)c(C)c1)c1cccc(-c2ccc(OC)cc2)n1. The third kappa shape index (κ3) is 6.06. The van der Waals surface area contributed by atoms with Gasteiger partial charge in [-0.25, -0.2) is 4.98 Å². The molecule has 1 atom stereocenters. The van der Waals surface area contributed by atoms with E-state index in [1.54, 1.807) is 19.2 Å². The van der Waals surface area contributed by atoms with E-state index < -0.39 is 6.10 Å². The summed E-state index contributed by atoms with van der Waals surface area (Å²) < 4.78 is 22.3. The van der Waals surface area contributed by atoms with E-state index in [-0.39, 0.29) is 5.97 Å². The van der Waals surface area contributed by atoms with Crippen LogP contribution in [0, 0.1) is 6.92 Å². The van der Waals surface area contributed by atoms with Crippen LogP contribution in [0.4, 0.5) is 0 Å². The highest BCUT2D eigenvalue weighted by Gasteiger charge is 2.17. The van der Waals surface area contributed by atoms with Crippen LogP contribution in [-0.4, -0.2) is 31.3 Å². The van der Waals surface area contributed by atoms with Crippen LogP contribution in [0.3, 0.4) is 0 Å². The molecule has 1 aromatic heterocycles. The van der Waals surface area contributed by atoms with Gasteiger partial charge in [0.15, 0.2) is 6.10 Å². The Morgan fingerprint density at radius 1 is 1.03 bits per heavy atom. The second-order valence-electron chi connectivity index (χ2n) is 6.96. The average molecular weight is 421 g/mol. The number of rotatable bonds is 9. The van der Waals surface area contributed by atoms with Gasteiger partial charge in [-0.3, -0.25) is 4.79 Å². The summed E-state index contributed by atoms with van der Waals surface area (Å²) in [5, 5.41) is 0. The molecule has 6 nitrogen and oxygen atoms in total. The Kier molecular flexibility index (Phi) is 7.62. The molecule has 0 unspecified atom stereocenters. The molecular formula is C25H27NO5. The summed E-state index contributed by atoms with van der Waals surface area (Å²) in [4.78, 5) is 16.0. The number of aryl methyl sites for hydroxylation is 1. The summed E-state index contributed by atoms with van der Waals surface area (Å²) >= 11 is 0. The summed E-state index contributed by atoms with van der Waals surface area (Å²) in [5.74, 6) is 1.60. The van der Waals surface area contributed by atoms with Crippen molar-refractivity contribution < 1.29 is 23.7 Å². The number of benzene rings is 2. The van der Waals surface area contributed by atoms with Crippen molar-refractivity contribution in [2.24, 2.45) is 0 Å². The van der Waals surface area contributed by atoms with Crippen LogP contribution in [0.2, 0.25) is 0 Å². The van der Waals surface area contributed by atoms with E-state index in [0.29, 0.717) is 24.7 Å². The van der Waals surface area contributed by atoms with Crippen LogP contribution in [0.25, 0.3) is 11.3 Å². The second kappa shape index (κ2) is 10.6. The maximum atomic E-state index is 11.2. The van der Waals surface area contributed by atoms with Crippen LogP contribution in [0.5, 0.6) is 17.2 Å². The number of methoxy groups -OCH3 is 1. The number of carbonyl (C=O) groups is 1. The number of hydrogen-bond acceptors (Lipinski definition) is 6. The first-order valence-electron chi connectivity index (χ1n) is 10.1. The molecule has 0 bridgehead atoms. The van der Waals surface area contributed by atoms with E-state index in [0.717, 1.165) is 28.3 Å². The lowest BCUT2D eigenvalue weighted by Gasteiger charge is -2.20. The van der Waals surface area contributed by atoms with Gasteiger partial charge in [-0.2, -0.15) is 0 Å². The number of aromatic nitrogens is 1. The molecule has 0 spiro atoms. The van der Waals surface area contributed by atoms with Gasteiger partial charge in [0, 0.05) is 19.1 Å². The highest BCUT2D eigenvalue weighted by atomic mass is 16.5. The van der Waals surface area contributed by atoms with E-state index >= 15 is 0 Å². The summed E-state index contributed by atoms with van der Waals surface area (Å²) in [6, 6.07) is 18.9. The predicted molar refractivity (Wildman–Crippen MR) is 119 cm³/mol. The molecule has 0 fully saturated rings. The Balaban J connectivity index is 1.85. The molecule has 162 valence electrons. The van der Waals surface area contributed by atoms with Gasteiger partial charge in [0.1, 0.15) is 17.2 Å². The average Bonchev–Trinajstić information content (AvgIpc) is 2.78. The van der Waals surface area contributed by atoms with E-state index in [1.807, 2.05) is 62.4 Å². The molecule has 0 amide bonds. The molecule has 0 radical (unpaired) electrons. The topological polar surface area (TPSA) is 66.9 Å². The van der Waals surface area contributed by atoms with Crippen molar-refractivity contribution in [1.29, 1.82) is 0 Å². The molecule has 0 aliphatic rings.